The average molecular weight is 348 g/mol. The lowest BCUT2D eigenvalue weighted by Crippen LogP contribution is -2.29. The van der Waals surface area contributed by atoms with Crippen molar-refractivity contribution in [1.82, 2.24) is 4.90 Å². The molecule has 4 nitrogen and oxygen atoms in total. The van der Waals surface area contributed by atoms with Gasteiger partial charge in [0.05, 0.1) is 16.4 Å². The van der Waals surface area contributed by atoms with Crippen LogP contribution in [0.25, 0.3) is 0 Å². The van der Waals surface area contributed by atoms with Crippen molar-refractivity contribution < 1.29 is 13.2 Å². The standard InChI is InChI=1S/C14H18ClNO3S2/c15-12-3-5-13(6-4-12)21(18,19)10-9-20-11-14(17)16-7-1-2-8-16/h3-6H,1-2,7-11H2. The molecule has 0 radical (unpaired) electrons. The van der Waals surface area contributed by atoms with Crippen molar-refractivity contribution in [2.75, 3.05) is 30.3 Å². The molecule has 116 valence electrons. The van der Waals surface area contributed by atoms with Crippen LogP contribution in [0.15, 0.2) is 29.2 Å². The van der Waals surface area contributed by atoms with Crippen molar-refractivity contribution in [2.45, 2.75) is 17.7 Å². The number of rotatable bonds is 6. The first-order valence-corrected chi connectivity index (χ1v) is 10.0. The van der Waals surface area contributed by atoms with E-state index in [1.165, 1.54) is 23.9 Å². The number of likely N-dealkylation sites (tertiary alicyclic amines) is 1. The number of benzene rings is 1. The Bertz CT molecular complexity index is 581. The van der Waals surface area contributed by atoms with E-state index in [2.05, 4.69) is 0 Å². The molecule has 7 heteroatoms. The van der Waals surface area contributed by atoms with Crippen LogP contribution in [0.2, 0.25) is 5.02 Å². The van der Waals surface area contributed by atoms with Gasteiger partial charge in [-0.15, -0.1) is 0 Å². The second kappa shape index (κ2) is 7.51. The van der Waals surface area contributed by atoms with Crippen molar-refractivity contribution in [3.63, 3.8) is 0 Å². The molecule has 1 amide bonds. The molecule has 1 aromatic carbocycles. The molecule has 0 bridgehead atoms. The smallest absolute Gasteiger partial charge is 0.232 e. The predicted molar refractivity (Wildman–Crippen MR) is 86.6 cm³/mol. The van der Waals surface area contributed by atoms with Crippen LogP contribution >= 0.6 is 23.4 Å². The fraction of sp³-hybridized carbons (Fsp3) is 0.500. The maximum atomic E-state index is 12.1. The van der Waals surface area contributed by atoms with Crippen molar-refractivity contribution >= 4 is 39.1 Å². The predicted octanol–water partition coefficient (Wildman–Crippen LogP) is 2.47. The van der Waals surface area contributed by atoms with Gasteiger partial charge in [0.25, 0.3) is 0 Å². The minimum Gasteiger partial charge on any atom is -0.342 e. The van der Waals surface area contributed by atoms with E-state index in [1.807, 2.05) is 4.90 Å². The second-order valence-corrected chi connectivity index (χ2v) is 8.56. The molecule has 0 N–H and O–H groups in total. The molecule has 21 heavy (non-hydrogen) atoms. The number of thioether (sulfide) groups is 1. The Morgan fingerprint density at radius 1 is 1.19 bits per heavy atom. The van der Waals surface area contributed by atoms with Crippen LogP contribution in [0.5, 0.6) is 0 Å². The maximum Gasteiger partial charge on any atom is 0.232 e. The fourth-order valence-corrected chi connectivity index (χ4v) is 4.91. The number of hydrogen-bond donors (Lipinski definition) is 0. The SMILES string of the molecule is O=C(CSCCS(=O)(=O)c1ccc(Cl)cc1)N1CCCC1. The largest absolute Gasteiger partial charge is 0.342 e. The second-order valence-electron chi connectivity index (χ2n) is 4.91. The number of carbonyl (C=O) groups excluding carboxylic acids is 1. The average Bonchev–Trinajstić information content (AvgIpc) is 2.98. The topological polar surface area (TPSA) is 54.5 Å². The van der Waals surface area contributed by atoms with Gasteiger partial charge in [-0.25, -0.2) is 8.42 Å². The van der Waals surface area contributed by atoms with E-state index < -0.39 is 9.84 Å². The lowest BCUT2D eigenvalue weighted by atomic mass is 10.4. The van der Waals surface area contributed by atoms with Crippen molar-refractivity contribution in [3.05, 3.63) is 29.3 Å². The van der Waals surface area contributed by atoms with Gasteiger partial charge < -0.3 is 4.90 Å². The molecular formula is C14H18ClNO3S2. The molecule has 1 aliphatic rings. The summed E-state index contributed by atoms with van der Waals surface area (Å²) in [5.74, 6) is 0.925. The van der Waals surface area contributed by atoms with Crippen LogP contribution in [0.1, 0.15) is 12.8 Å². The Hall–Kier alpha value is -0.720. The highest BCUT2D eigenvalue weighted by atomic mass is 35.5. The number of carbonyl (C=O) groups is 1. The number of sulfone groups is 1. The number of halogens is 1. The molecule has 0 unspecified atom stereocenters. The minimum atomic E-state index is -3.30. The zero-order valence-corrected chi connectivity index (χ0v) is 14.0. The Balaban J connectivity index is 1.77. The monoisotopic (exact) mass is 347 g/mol. The van der Waals surface area contributed by atoms with E-state index in [9.17, 15) is 13.2 Å². The number of nitrogens with zero attached hydrogens (tertiary/aromatic N) is 1. The third-order valence-electron chi connectivity index (χ3n) is 3.35. The minimum absolute atomic E-state index is 0.0343. The Labute approximate surface area is 134 Å². The van der Waals surface area contributed by atoms with Gasteiger partial charge in [0, 0.05) is 23.9 Å². The zero-order chi connectivity index (χ0) is 15.3. The van der Waals surface area contributed by atoms with Crippen molar-refractivity contribution in [3.8, 4) is 0 Å². The van der Waals surface area contributed by atoms with Gasteiger partial charge in [0.1, 0.15) is 0 Å². The first-order chi connectivity index (χ1) is 9.99. The summed E-state index contributed by atoms with van der Waals surface area (Å²) in [5, 5.41) is 0.513. The van der Waals surface area contributed by atoms with Gasteiger partial charge in [-0.05, 0) is 37.1 Å². The van der Waals surface area contributed by atoms with E-state index in [0.717, 1.165) is 25.9 Å². The Kier molecular flexibility index (Phi) is 5.96. The lowest BCUT2D eigenvalue weighted by molar-refractivity contribution is -0.127. The first-order valence-electron chi connectivity index (χ1n) is 6.83. The molecular weight excluding hydrogens is 330 g/mol. The van der Waals surface area contributed by atoms with E-state index in [1.54, 1.807) is 12.1 Å². The molecule has 0 aromatic heterocycles. The van der Waals surface area contributed by atoms with E-state index in [0.29, 0.717) is 16.5 Å². The van der Waals surface area contributed by atoms with Crippen LogP contribution < -0.4 is 0 Å². The summed E-state index contributed by atoms with van der Waals surface area (Å²) in [4.78, 5) is 13.9. The molecule has 0 atom stereocenters. The molecule has 1 heterocycles. The molecule has 1 aliphatic heterocycles. The van der Waals surface area contributed by atoms with E-state index in [4.69, 9.17) is 11.6 Å². The fourth-order valence-electron chi connectivity index (χ4n) is 2.15. The van der Waals surface area contributed by atoms with E-state index in [-0.39, 0.29) is 16.6 Å². The van der Waals surface area contributed by atoms with Gasteiger partial charge >= 0.3 is 0 Å². The van der Waals surface area contributed by atoms with Crippen LogP contribution in [-0.2, 0) is 14.6 Å². The highest BCUT2D eigenvalue weighted by Gasteiger charge is 2.18. The summed E-state index contributed by atoms with van der Waals surface area (Å²) in [7, 11) is -3.30. The van der Waals surface area contributed by atoms with Gasteiger partial charge in [0.15, 0.2) is 9.84 Å². The Morgan fingerprint density at radius 2 is 1.81 bits per heavy atom. The quantitative estimate of drug-likeness (QED) is 0.742. The first kappa shape index (κ1) is 16.6. The van der Waals surface area contributed by atoms with Gasteiger partial charge in [0.2, 0.25) is 5.91 Å². The molecule has 2 rings (SSSR count). The number of amides is 1. The van der Waals surface area contributed by atoms with Gasteiger partial charge in [-0.1, -0.05) is 11.6 Å². The van der Waals surface area contributed by atoms with Crippen molar-refractivity contribution in [1.29, 1.82) is 0 Å². The molecule has 1 saturated heterocycles. The van der Waals surface area contributed by atoms with Crippen LogP contribution in [0.3, 0.4) is 0 Å². The highest BCUT2D eigenvalue weighted by molar-refractivity contribution is 8.01. The summed E-state index contributed by atoms with van der Waals surface area (Å²) in [6.07, 6.45) is 2.14. The molecule has 1 fully saturated rings. The van der Waals surface area contributed by atoms with Gasteiger partial charge in [-0.2, -0.15) is 11.8 Å². The zero-order valence-electron chi connectivity index (χ0n) is 11.6. The van der Waals surface area contributed by atoms with Crippen LogP contribution in [0.4, 0.5) is 0 Å². The van der Waals surface area contributed by atoms with Crippen LogP contribution in [0, 0.1) is 0 Å². The Morgan fingerprint density at radius 3 is 2.43 bits per heavy atom. The van der Waals surface area contributed by atoms with E-state index >= 15 is 0 Å². The third-order valence-corrected chi connectivity index (χ3v) is 6.54. The summed E-state index contributed by atoms with van der Waals surface area (Å²) >= 11 is 7.12. The summed E-state index contributed by atoms with van der Waals surface area (Å²) in [6.45, 7) is 1.67. The highest BCUT2D eigenvalue weighted by Crippen LogP contribution is 2.17. The lowest BCUT2D eigenvalue weighted by Gasteiger charge is -2.14. The van der Waals surface area contributed by atoms with Crippen molar-refractivity contribution in [2.24, 2.45) is 0 Å². The summed E-state index contributed by atoms with van der Waals surface area (Å²) in [5.41, 5.74) is 0. The summed E-state index contributed by atoms with van der Waals surface area (Å²) < 4.78 is 24.2. The number of hydrogen-bond acceptors (Lipinski definition) is 4. The van der Waals surface area contributed by atoms with Gasteiger partial charge in [-0.3, -0.25) is 4.79 Å². The van der Waals surface area contributed by atoms with Crippen LogP contribution in [-0.4, -0.2) is 49.6 Å². The summed E-state index contributed by atoms with van der Waals surface area (Å²) in [6, 6.07) is 6.16. The molecule has 0 spiro atoms. The normalized spacial score (nSPS) is 15.4. The third kappa shape index (κ3) is 4.90. The maximum absolute atomic E-state index is 12.1. The molecule has 1 aromatic rings. The molecule has 0 aliphatic carbocycles. The molecule has 0 saturated carbocycles.